The normalized spacial score (nSPS) is 10.1. The van der Waals surface area contributed by atoms with Crippen molar-refractivity contribution in [3.63, 3.8) is 0 Å². The van der Waals surface area contributed by atoms with Crippen molar-refractivity contribution in [2.75, 3.05) is 5.73 Å². The Labute approximate surface area is 85.7 Å². The second kappa shape index (κ2) is 3.59. The van der Waals surface area contributed by atoms with Gasteiger partial charge < -0.3 is 5.73 Å². The van der Waals surface area contributed by atoms with E-state index in [0.29, 0.717) is 16.4 Å². The van der Waals surface area contributed by atoms with Gasteiger partial charge in [0, 0.05) is 16.3 Å². The Morgan fingerprint density at radius 1 is 1.21 bits per heavy atom. The highest BCUT2D eigenvalue weighted by molar-refractivity contribution is 6.31. The van der Waals surface area contributed by atoms with E-state index in [4.69, 9.17) is 17.3 Å². The summed E-state index contributed by atoms with van der Waals surface area (Å²) in [5, 5.41) is 11.6. The summed E-state index contributed by atoms with van der Waals surface area (Å²) in [5.41, 5.74) is 7.86. The molecule has 0 atom stereocenters. The van der Waals surface area contributed by atoms with Gasteiger partial charge in [0.25, 0.3) is 0 Å². The second-order valence-electron chi connectivity index (χ2n) is 2.74. The number of rotatable bonds is 1. The third-order valence-corrected chi connectivity index (χ3v) is 2.03. The number of nitrogens with two attached hydrogens (primary N) is 1. The average molecular weight is 207 g/mol. The first kappa shape index (κ1) is 8.90. The highest BCUT2D eigenvalue weighted by Crippen LogP contribution is 2.25. The van der Waals surface area contributed by atoms with Crippen molar-refractivity contribution in [1.82, 2.24) is 15.4 Å². The molecular formula is C9H7ClN4. The molecule has 0 aliphatic carbocycles. The predicted octanol–water partition coefficient (Wildman–Crippen LogP) is 1.77. The molecule has 0 aliphatic heterocycles. The van der Waals surface area contributed by atoms with E-state index in [9.17, 15) is 0 Å². The van der Waals surface area contributed by atoms with Crippen LogP contribution in [0.3, 0.4) is 0 Å². The number of anilines is 1. The van der Waals surface area contributed by atoms with Crippen LogP contribution in [0.2, 0.25) is 5.02 Å². The van der Waals surface area contributed by atoms with Crippen LogP contribution < -0.4 is 5.73 Å². The maximum Gasteiger partial charge on any atom is 0.0984 e. The summed E-state index contributed by atoms with van der Waals surface area (Å²) in [5.74, 6) is 0. The quantitative estimate of drug-likeness (QED) is 0.723. The summed E-state index contributed by atoms with van der Waals surface area (Å²) in [6.07, 6.45) is 1.57. The van der Waals surface area contributed by atoms with Crippen molar-refractivity contribution in [2.24, 2.45) is 0 Å². The zero-order valence-electron chi connectivity index (χ0n) is 7.18. The van der Waals surface area contributed by atoms with E-state index in [2.05, 4.69) is 15.4 Å². The maximum atomic E-state index is 5.78. The summed E-state index contributed by atoms with van der Waals surface area (Å²) in [6, 6.07) is 6.99. The number of aromatic nitrogens is 3. The molecule has 1 aromatic carbocycles. The van der Waals surface area contributed by atoms with Gasteiger partial charge in [-0.3, -0.25) is 0 Å². The fourth-order valence-electron chi connectivity index (χ4n) is 1.15. The Hall–Kier alpha value is -1.68. The van der Waals surface area contributed by atoms with Crippen molar-refractivity contribution >= 4 is 17.3 Å². The molecule has 0 saturated heterocycles. The zero-order chi connectivity index (χ0) is 9.97. The fraction of sp³-hybridized carbons (Fsp3) is 0. The Balaban J connectivity index is 2.53. The average Bonchev–Trinajstić information content (AvgIpc) is 2.19. The molecular weight excluding hydrogens is 200 g/mol. The minimum absolute atomic E-state index is 0.581. The van der Waals surface area contributed by atoms with Crippen LogP contribution in [-0.2, 0) is 0 Å². The van der Waals surface area contributed by atoms with Gasteiger partial charge in [-0.1, -0.05) is 11.6 Å². The summed E-state index contributed by atoms with van der Waals surface area (Å²) in [7, 11) is 0. The lowest BCUT2D eigenvalue weighted by atomic mass is 10.1. The van der Waals surface area contributed by atoms with Gasteiger partial charge in [-0.2, -0.15) is 0 Å². The van der Waals surface area contributed by atoms with Crippen molar-refractivity contribution in [1.29, 1.82) is 0 Å². The van der Waals surface area contributed by atoms with E-state index in [1.165, 1.54) is 0 Å². The first-order chi connectivity index (χ1) is 6.77. The van der Waals surface area contributed by atoms with Crippen LogP contribution in [0.1, 0.15) is 0 Å². The van der Waals surface area contributed by atoms with E-state index >= 15 is 0 Å². The standard InChI is InChI=1S/C9H7ClN4/c10-6-1-2-7(8(11)5-6)9-3-4-12-14-13-9/h1-5H,11H2. The number of hydrogen-bond acceptors (Lipinski definition) is 4. The topological polar surface area (TPSA) is 64.7 Å². The van der Waals surface area contributed by atoms with Gasteiger partial charge in [0.15, 0.2) is 0 Å². The molecule has 1 heterocycles. The van der Waals surface area contributed by atoms with Gasteiger partial charge in [0.1, 0.15) is 0 Å². The Morgan fingerprint density at radius 2 is 2.07 bits per heavy atom. The summed E-state index contributed by atoms with van der Waals surface area (Å²) < 4.78 is 0. The smallest absolute Gasteiger partial charge is 0.0984 e. The van der Waals surface area contributed by atoms with Crippen LogP contribution in [0.4, 0.5) is 5.69 Å². The van der Waals surface area contributed by atoms with E-state index in [-0.39, 0.29) is 0 Å². The van der Waals surface area contributed by atoms with Gasteiger partial charge >= 0.3 is 0 Å². The molecule has 0 unspecified atom stereocenters. The van der Waals surface area contributed by atoms with E-state index in [1.807, 2.05) is 6.07 Å². The molecule has 0 spiro atoms. The molecule has 0 saturated carbocycles. The molecule has 5 heteroatoms. The molecule has 70 valence electrons. The van der Waals surface area contributed by atoms with Crippen LogP contribution in [-0.4, -0.2) is 15.4 Å². The molecule has 0 radical (unpaired) electrons. The van der Waals surface area contributed by atoms with Gasteiger partial charge in [0.2, 0.25) is 0 Å². The third-order valence-electron chi connectivity index (χ3n) is 1.79. The molecule has 2 N–H and O–H groups in total. The van der Waals surface area contributed by atoms with Crippen molar-refractivity contribution in [3.8, 4) is 11.3 Å². The van der Waals surface area contributed by atoms with E-state index < -0.39 is 0 Å². The molecule has 0 bridgehead atoms. The van der Waals surface area contributed by atoms with Crippen LogP contribution in [0, 0.1) is 0 Å². The lowest BCUT2D eigenvalue weighted by molar-refractivity contribution is 0.871. The van der Waals surface area contributed by atoms with Crippen LogP contribution >= 0.6 is 11.6 Å². The van der Waals surface area contributed by atoms with Gasteiger partial charge in [-0.05, 0) is 29.5 Å². The number of halogens is 1. The van der Waals surface area contributed by atoms with Crippen molar-refractivity contribution < 1.29 is 0 Å². The Kier molecular flexibility index (Phi) is 2.28. The number of benzene rings is 1. The highest BCUT2D eigenvalue weighted by atomic mass is 35.5. The number of hydrogen-bond donors (Lipinski definition) is 1. The SMILES string of the molecule is Nc1cc(Cl)ccc1-c1ccnnn1. The Bertz CT molecular complexity index is 444. The summed E-state index contributed by atoms with van der Waals surface area (Å²) in [6.45, 7) is 0. The number of nitrogen functional groups attached to an aromatic ring is 1. The van der Waals surface area contributed by atoms with Crippen molar-refractivity contribution in [3.05, 3.63) is 35.5 Å². The zero-order valence-corrected chi connectivity index (χ0v) is 7.94. The molecule has 0 fully saturated rings. The Morgan fingerprint density at radius 3 is 2.71 bits per heavy atom. The minimum atomic E-state index is 0.581. The lowest BCUT2D eigenvalue weighted by Crippen LogP contribution is -1.94. The number of nitrogens with zero attached hydrogens (tertiary/aromatic N) is 3. The first-order valence-corrected chi connectivity index (χ1v) is 4.35. The first-order valence-electron chi connectivity index (χ1n) is 3.97. The van der Waals surface area contributed by atoms with Crippen LogP contribution in [0.15, 0.2) is 30.5 Å². The van der Waals surface area contributed by atoms with E-state index in [0.717, 1.165) is 5.56 Å². The fourth-order valence-corrected chi connectivity index (χ4v) is 1.33. The second-order valence-corrected chi connectivity index (χ2v) is 3.17. The third kappa shape index (κ3) is 1.65. The predicted molar refractivity (Wildman–Crippen MR) is 54.7 cm³/mol. The molecule has 0 aliphatic rings. The minimum Gasteiger partial charge on any atom is -0.398 e. The largest absolute Gasteiger partial charge is 0.398 e. The molecule has 1 aromatic heterocycles. The van der Waals surface area contributed by atoms with Gasteiger partial charge in [-0.25, -0.2) is 0 Å². The molecule has 2 aromatic rings. The maximum absolute atomic E-state index is 5.78. The van der Waals surface area contributed by atoms with Gasteiger partial charge in [-0.15, -0.1) is 10.2 Å². The van der Waals surface area contributed by atoms with Gasteiger partial charge in [0.05, 0.1) is 11.9 Å². The highest BCUT2D eigenvalue weighted by Gasteiger charge is 2.04. The molecule has 0 amide bonds. The van der Waals surface area contributed by atoms with Crippen LogP contribution in [0.5, 0.6) is 0 Å². The summed E-state index contributed by atoms with van der Waals surface area (Å²) in [4.78, 5) is 0. The summed E-state index contributed by atoms with van der Waals surface area (Å²) >= 11 is 5.78. The molecule has 14 heavy (non-hydrogen) atoms. The molecule has 2 rings (SSSR count). The van der Waals surface area contributed by atoms with E-state index in [1.54, 1.807) is 24.4 Å². The monoisotopic (exact) mass is 206 g/mol. The van der Waals surface area contributed by atoms with Crippen molar-refractivity contribution in [2.45, 2.75) is 0 Å². The van der Waals surface area contributed by atoms with Crippen LogP contribution in [0.25, 0.3) is 11.3 Å². The molecule has 4 nitrogen and oxygen atoms in total. The lowest BCUT2D eigenvalue weighted by Gasteiger charge is -2.03.